The van der Waals surface area contributed by atoms with Crippen molar-refractivity contribution in [3.05, 3.63) is 65.2 Å². The molecule has 0 atom stereocenters. The van der Waals surface area contributed by atoms with E-state index in [0.29, 0.717) is 13.1 Å². The number of carbonyl (C=O) groups is 1. The van der Waals surface area contributed by atoms with Crippen LogP contribution in [0.4, 0.5) is 5.69 Å². The summed E-state index contributed by atoms with van der Waals surface area (Å²) < 4.78 is 5.30. The number of hydrogen-bond acceptors (Lipinski definition) is 3. The third-order valence-electron chi connectivity index (χ3n) is 4.31. The molecule has 0 spiro atoms. The zero-order valence-electron chi connectivity index (χ0n) is 14.2. The molecule has 0 aliphatic carbocycles. The van der Waals surface area contributed by atoms with Crippen molar-refractivity contribution in [1.82, 2.24) is 4.90 Å². The van der Waals surface area contributed by atoms with Gasteiger partial charge in [0.25, 0.3) is 0 Å². The Labute approximate surface area is 153 Å². The van der Waals surface area contributed by atoms with E-state index in [1.54, 1.807) is 13.2 Å². The normalized spacial score (nSPS) is 14.8. The van der Waals surface area contributed by atoms with E-state index in [1.807, 2.05) is 59.5 Å². The maximum absolute atomic E-state index is 12.4. The average molecular weight is 357 g/mol. The zero-order valence-corrected chi connectivity index (χ0v) is 14.9. The summed E-state index contributed by atoms with van der Waals surface area (Å²) in [7, 11) is 1.63. The molecule has 1 saturated heterocycles. The lowest BCUT2D eigenvalue weighted by Crippen LogP contribution is -2.48. The molecule has 4 nitrogen and oxygen atoms in total. The Morgan fingerprint density at radius 3 is 2.56 bits per heavy atom. The largest absolute Gasteiger partial charge is 0.496 e. The molecule has 0 bridgehead atoms. The molecule has 2 aromatic rings. The summed E-state index contributed by atoms with van der Waals surface area (Å²) in [6.45, 7) is 2.99. The Bertz CT molecular complexity index is 768. The van der Waals surface area contributed by atoms with E-state index in [9.17, 15) is 4.79 Å². The van der Waals surface area contributed by atoms with Crippen LogP contribution in [0.15, 0.2) is 54.6 Å². The Kier molecular flexibility index (Phi) is 5.61. The van der Waals surface area contributed by atoms with Gasteiger partial charge < -0.3 is 14.5 Å². The fourth-order valence-corrected chi connectivity index (χ4v) is 3.11. The molecule has 1 aliphatic rings. The number of benzene rings is 2. The van der Waals surface area contributed by atoms with Crippen molar-refractivity contribution in [3.8, 4) is 5.75 Å². The number of carbonyl (C=O) groups excluding carboxylic acids is 1. The maximum atomic E-state index is 12.4. The minimum Gasteiger partial charge on any atom is -0.496 e. The molecular weight excluding hydrogens is 336 g/mol. The van der Waals surface area contributed by atoms with Crippen LogP contribution in [0.1, 0.15) is 5.56 Å². The van der Waals surface area contributed by atoms with Gasteiger partial charge in [-0.1, -0.05) is 35.9 Å². The molecule has 25 heavy (non-hydrogen) atoms. The molecule has 0 radical (unpaired) electrons. The van der Waals surface area contributed by atoms with Gasteiger partial charge in [-0.05, 0) is 30.3 Å². The van der Waals surface area contributed by atoms with E-state index >= 15 is 0 Å². The van der Waals surface area contributed by atoms with Crippen LogP contribution in [-0.4, -0.2) is 44.1 Å². The van der Waals surface area contributed by atoms with Crippen LogP contribution in [0.3, 0.4) is 0 Å². The standard InChI is InChI=1S/C20H21ClN2O2/c1-25-19-8-3-2-5-16(19)9-10-20(24)23-13-11-22(12-14-23)18-7-4-6-17(21)15-18/h2-10,15H,11-14H2,1H3/b10-9+. The highest BCUT2D eigenvalue weighted by molar-refractivity contribution is 6.30. The Morgan fingerprint density at radius 2 is 1.84 bits per heavy atom. The minimum absolute atomic E-state index is 0.0247. The first-order valence-electron chi connectivity index (χ1n) is 8.28. The van der Waals surface area contributed by atoms with Crippen LogP contribution in [0.2, 0.25) is 5.02 Å². The van der Waals surface area contributed by atoms with Crippen LogP contribution in [0.25, 0.3) is 6.08 Å². The number of piperazine rings is 1. The number of halogens is 1. The van der Waals surface area contributed by atoms with Gasteiger partial charge >= 0.3 is 0 Å². The predicted octanol–water partition coefficient (Wildman–Crippen LogP) is 3.71. The molecular formula is C20H21ClN2O2. The highest BCUT2D eigenvalue weighted by Crippen LogP contribution is 2.21. The van der Waals surface area contributed by atoms with Crippen molar-refractivity contribution in [2.24, 2.45) is 0 Å². The summed E-state index contributed by atoms with van der Waals surface area (Å²) in [6, 6.07) is 15.5. The topological polar surface area (TPSA) is 32.8 Å². The number of nitrogens with zero attached hydrogens (tertiary/aromatic N) is 2. The summed E-state index contributed by atoms with van der Waals surface area (Å²) >= 11 is 6.06. The SMILES string of the molecule is COc1ccccc1/C=C/C(=O)N1CCN(c2cccc(Cl)c2)CC1. The van der Waals surface area contributed by atoms with Gasteiger partial charge in [-0.15, -0.1) is 0 Å². The number of ether oxygens (including phenoxy) is 1. The van der Waals surface area contributed by atoms with E-state index in [1.165, 1.54) is 0 Å². The van der Waals surface area contributed by atoms with E-state index in [2.05, 4.69) is 4.90 Å². The summed E-state index contributed by atoms with van der Waals surface area (Å²) in [5.41, 5.74) is 2.00. The van der Waals surface area contributed by atoms with Gasteiger partial charge in [0.05, 0.1) is 7.11 Å². The first kappa shape index (κ1) is 17.4. The lowest BCUT2D eigenvalue weighted by molar-refractivity contribution is -0.126. The predicted molar refractivity (Wildman–Crippen MR) is 102 cm³/mol. The number of rotatable bonds is 4. The molecule has 3 rings (SSSR count). The van der Waals surface area contributed by atoms with Crippen molar-refractivity contribution in [2.45, 2.75) is 0 Å². The number of methoxy groups -OCH3 is 1. The lowest BCUT2D eigenvalue weighted by Gasteiger charge is -2.35. The zero-order chi connectivity index (χ0) is 17.6. The van der Waals surface area contributed by atoms with Crippen molar-refractivity contribution in [2.75, 3.05) is 38.2 Å². The Hall–Kier alpha value is -2.46. The Balaban J connectivity index is 1.59. The molecule has 5 heteroatoms. The van der Waals surface area contributed by atoms with Gasteiger partial charge in [-0.2, -0.15) is 0 Å². The fourth-order valence-electron chi connectivity index (χ4n) is 2.93. The Morgan fingerprint density at radius 1 is 1.08 bits per heavy atom. The van der Waals surface area contributed by atoms with E-state index in [0.717, 1.165) is 35.1 Å². The molecule has 2 aromatic carbocycles. The van der Waals surface area contributed by atoms with Gasteiger partial charge in [-0.3, -0.25) is 4.79 Å². The van der Waals surface area contributed by atoms with E-state index in [-0.39, 0.29) is 5.91 Å². The highest BCUT2D eigenvalue weighted by atomic mass is 35.5. The molecule has 0 N–H and O–H groups in total. The van der Waals surface area contributed by atoms with Crippen molar-refractivity contribution < 1.29 is 9.53 Å². The molecule has 1 amide bonds. The van der Waals surface area contributed by atoms with E-state index in [4.69, 9.17) is 16.3 Å². The fraction of sp³-hybridized carbons (Fsp3) is 0.250. The first-order valence-corrected chi connectivity index (χ1v) is 8.65. The maximum Gasteiger partial charge on any atom is 0.246 e. The van der Waals surface area contributed by atoms with Gasteiger partial charge in [-0.25, -0.2) is 0 Å². The summed E-state index contributed by atoms with van der Waals surface area (Å²) in [4.78, 5) is 16.5. The molecule has 0 aromatic heterocycles. The third-order valence-corrected chi connectivity index (χ3v) is 4.54. The summed E-state index contributed by atoms with van der Waals surface area (Å²) in [5.74, 6) is 0.786. The van der Waals surface area contributed by atoms with Crippen LogP contribution in [0.5, 0.6) is 5.75 Å². The highest BCUT2D eigenvalue weighted by Gasteiger charge is 2.20. The van der Waals surface area contributed by atoms with Crippen LogP contribution in [-0.2, 0) is 4.79 Å². The molecule has 0 unspecified atom stereocenters. The average Bonchev–Trinajstić information content (AvgIpc) is 2.66. The molecule has 1 fully saturated rings. The number of hydrogen-bond donors (Lipinski definition) is 0. The number of anilines is 1. The second-order valence-electron chi connectivity index (χ2n) is 5.87. The van der Waals surface area contributed by atoms with Crippen molar-refractivity contribution in [1.29, 1.82) is 0 Å². The molecule has 1 heterocycles. The number of amides is 1. The van der Waals surface area contributed by atoms with Crippen LogP contribution >= 0.6 is 11.6 Å². The van der Waals surface area contributed by atoms with Crippen LogP contribution in [0, 0.1) is 0 Å². The summed E-state index contributed by atoms with van der Waals surface area (Å²) in [5, 5.41) is 0.732. The monoisotopic (exact) mass is 356 g/mol. The lowest BCUT2D eigenvalue weighted by atomic mass is 10.2. The molecule has 1 aliphatic heterocycles. The van der Waals surface area contributed by atoms with Crippen LogP contribution < -0.4 is 9.64 Å². The second-order valence-corrected chi connectivity index (χ2v) is 6.30. The van der Waals surface area contributed by atoms with Gasteiger partial charge in [0, 0.05) is 48.5 Å². The summed E-state index contributed by atoms with van der Waals surface area (Å²) in [6.07, 6.45) is 3.43. The molecule has 0 saturated carbocycles. The minimum atomic E-state index is 0.0247. The van der Waals surface area contributed by atoms with Gasteiger partial charge in [0.2, 0.25) is 5.91 Å². The smallest absolute Gasteiger partial charge is 0.246 e. The van der Waals surface area contributed by atoms with Gasteiger partial charge in [0.1, 0.15) is 5.75 Å². The van der Waals surface area contributed by atoms with Crippen molar-refractivity contribution >= 4 is 29.3 Å². The van der Waals surface area contributed by atoms with E-state index < -0.39 is 0 Å². The van der Waals surface area contributed by atoms with Gasteiger partial charge in [0.15, 0.2) is 0 Å². The number of para-hydroxylation sites is 1. The second kappa shape index (κ2) is 8.08. The quantitative estimate of drug-likeness (QED) is 0.783. The molecule has 130 valence electrons. The first-order chi connectivity index (χ1) is 12.2. The van der Waals surface area contributed by atoms with Crippen molar-refractivity contribution in [3.63, 3.8) is 0 Å². The third kappa shape index (κ3) is 4.34.